The number of alkyl halides is 3. The van der Waals surface area contributed by atoms with Crippen molar-refractivity contribution in [3.8, 4) is 5.75 Å². The van der Waals surface area contributed by atoms with Crippen LogP contribution in [-0.4, -0.2) is 41.7 Å². The Morgan fingerprint density at radius 1 is 1.39 bits per heavy atom. The van der Waals surface area contributed by atoms with E-state index in [0.29, 0.717) is 16.0 Å². The van der Waals surface area contributed by atoms with Crippen molar-refractivity contribution in [3.05, 3.63) is 29.3 Å². The molecule has 1 aromatic carbocycles. The molecule has 1 heterocycles. The zero-order valence-corrected chi connectivity index (χ0v) is 12.4. The fourth-order valence-corrected chi connectivity index (χ4v) is 2.65. The lowest BCUT2D eigenvalue weighted by molar-refractivity contribution is -0.165. The van der Waals surface area contributed by atoms with Gasteiger partial charge in [-0.1, -0.05) is 6.07 Å². The number of benzene rings is 1. The summed E-state index contributed by atoms with van der Waals surface area (Å²) in [5.74, 6) is -2.41. The monoisotopic (exact) mass is 331 g/mol. The Hall–Kier alpha value is -2.25. The third kappa shape index (κ3) is 4.37. The predicted octanol–water partition coefficient (Wildman–Crippen LogP) is 2.02. The third-order valence-electron chi connectivity index (χ3n) is 3.69. The van der Waals surface area contributed by atoms with Gasteiger partial charge in [-0.15, -0.1) is 0 Å². The van der Waals surface area contributed by atoms with Crippen molar-refractivity contribution >= 4 is 11.9 Å². The van der Waals surface area contributed by atoms with Crippen LogP contribution >= 0.6 is 0 Å². The standard InChI is InChI=1S/C15H16F3NO4/c1-23-13(21)6-10-4-9-2-3-12(20)5-11(9)7-19(14(10)22)8-15(16,17)18/h2-3,5,10,20H,4,6-8H2,1H3/t10-/m1/s1. The van der Waals surface area contributed by atoms with Crippen molar-refractivity contribution in [3.63, 3.8) is 0 Å². The van der Waals surface area contributed by atoms with E-state index in [4.69, 9.17) is 0 Å². The number of methoxy groups -OCH3 is 1. The molecule has 1 aromatic rings. The highest BCUT2D eigenvalue weighted by molar-refractivity contribution is 5.84. The lowest BCUT2D eigenvalue weighted by Gasteiger charge is -2.25. The van der Waals surface area contributed by atoms with Gasteiger partial charge in [0, 0.05) is 6.54 Å². The molecule has 0 bridgehead atoms. The Labute approximate surface area is 130 Å². The minimum Gasteiger partial charge on any atom is -0.508 e. The molecule has 0 spiro atoms. The summed E-state index contributed by atoms with van der Waals surface area (Å²) >= 11 is 0. The highest BCUT2D eigenvalue weighted by Crippen LogP contribution is 2.29. The second-order valence-corrected chi connectivity index (χ2v) is 5.44. The summed E-state index contributed by atoms with van der Waals surface area (Å²) in [4.78, 5) is 24.5. The first kappa shape index (κ1) is 17.1. The topological polar surface area (TPSA) is 66.8 Å². The molecule has 5 nitrogen and oxygen atoms in total. The number of carbonyl (C=O) groups excluding carboxylic acids is 2. The molecule has 0 aromatic heterocycles. The fourth-order valence-electron chi connectivity index (χ4n) is 2.65. The number of rotatable bonds is 3. The van der Waals surface area contributed by atoms with Gasteiger partial charge in [0.15, 0.2) is 0 Å². The van der Waals surface area contributed by atoms with E-state index < -0.39 is 30.5 Å². The van der Waals surface area contributed by atoms with Crippen LogP contribution < -0.4 is 0 Å². The van der Waals surface area contributed by atoms with Crippen LogP contribution in [0.2, 0.25) is 0 Å². The Morgan fingerprint density at radius 2 is 2.09 bits per heavy atom. The Kier molecular flexibility index (Phi) is 4.82. The van der Waals surface area contributed by atoms with Crippen molar-refractivity contribution < 1.29 is 32.6 Å². The Balaban J connectivity index is 2.36. The molecular weight excluding hydrogens is 315 g/mol. The second kappa shape index (κ2) is 6.47. The maximum atomic E-state index is 12.7. The van der Waals surface area contributed by atoms with Gasteiger partial charge in [-0.3, -0.25) is 9.59 Å². The van der Waals surface area contributed by atoms with Crippen molar-refractivity contribution in [2.75, 3.05) is 13.7 Å². The summed E-state index contributed by atoms with van der Waals surface area (Å²) in [5.41, 5.74) is 1.07. The summed E-state index contributed by atoms with van der Waals surface area (Å²) in [6.45, 7) is -1.67. The summed E-state index contributed by atoms with van der Waals surface area (Å²) in [6.07, 6.45) is -4.71. The number of phenols is 1. The van der Waals surface area contributed by atoms with Crippen molar-refractivity contribution in [2.45, 2.75) is 25.6 Å². The number of phenolic OH excluding ortho intramolecular Hbond substituents is 1. The normalized spacial score (nSPS) is 18.3. The molecule has 23 heavy (non-hydrogen) atoms. The van der Waals surface area contributed by atoms with E-state index in [0.717, 1.165) is 7.11 Å². The Bertz CT molecular complexity index is 615. The van der Waals surface area contributed by atoms with Gasteiger partial charge in [-0.2, -0.15) is 13.2 Å². The number of fused-ring (bicyclic) bond motifs is 1. The number of esters is 1. The van der Waals surface area contributed by atoms with Crippen LogP contribution in [0.25, 0.3) is 0 Å². The number of hydrogen-bond acceptors (Lipinski definition) is 4. The van der Waals surface area contributed by atoms with Gasteiger partial charge in [0.05, 0.1) is 19.4 Å². The van der Waals surface area contributed by atoms with Crippen molar-refractivity contribution in [2.24, 2.45) is 5.92 Å². The van der Waals surface area contributed by atoms with Gasteiger partial charge in [0.1, 0.15) is 12.3 Å². The van der Waals surface area contributed by atoms with Crippen LogP contribution in [0, 0.1) is 5.92 Å². The molecule has 2 rings (SSSR count). The molecule has 0 unspecified atom stereocenters. The summed E-state index contributed by atoms with van der Waals surface area (Å²) in [7, 11) is 1.16. The summed E-state index contributed by atoms with van der Waals surface area (Å²) in [6, 6.07) is 4.30. The smallest absolute Gasteiger partial charge is 0.406 e. The van der Waals surface area contributed by atoms with Crippen LogP contribution in [0.3, 0.4) is 0 Å². The van der Waals surface area contributed by atoms with Gasteiger partial charge in [0.2, 0.25) is 5.91 Å². The molecule has 1 aliphatic rings. The lowest BCUT2D eigenvalue weighted by Crippen LogP contribution is -2.41. The summed E-state index contributed by atoms with van der Waals surface area (Å²) in [5, 5.41) is 9.51. The number of halogens is 3. The molecule has 0 aliphatic carbocycles. The first-order valence-corrected chi connectivity index (χ1v) is 6.92. The first-order valence-electron chi connectivity index (χ1n) is 6.92. The average Bonchev–Trinajstić information content (AvgIpc) is 2.56. The third-order valence-corrected chi connectivity index (χ3v) is 3.69. The minimum atomic E-state index is -4.55. The Morgan fingerprint density at radius 3 is 2.70 bits per heavy atom. The minimum absolute atomic E-state index is 0.0884. The number of hydrogen-bond donors (Lipinski definition) is 1. The van der Waals surface area contributed by atoms with Gasteiger partial charge < -0.3 is 14.7 Å². The summed E-state index contributed by atoms with van der Waals surface area (Å²) < 4.78 is 42.7. The molecular formula is C15H16F3NO4. The van der Waals surface area contributed by atoms with E-state index in [1.165, 1.54) is 12.1 Å². The molecule has 0 radical (unpaired) electrons. The van der Waals surface area contributed by atoms with Crippen LogP contribution in [0.15, 0.2) is 18.2 Å². The zero-order chi connectivity index (χ0) is 17.2. The largest absolute Gasteiger partial charge is 0.508 e. The highest BCUT2D eigenvalue weighted by atomic mass is 19.4. The first-order chi connectivity index (χ1) is 10.7. The average molecular weight is 331 g/mol. The number of nitrogens with zero attached hydrogens (tertiary/aromatic N) is 1. The second-order valence-electron chi connectivity index (χ2n) is 5.44. The van der Waals surface area contributed by atoms with Gasteiger partial charge >= 0.3 is 12.1 Å². The van der Waals surface area contributed by atoms with E-state index in [1.807, 2.05) is 0 Å². The van der Waals surface area contributed by atoms with Gasteiger partial charge in [-0.05, 0) is 29.7 Å². The number of ether oxygens (including phenoxy) is 1. The maximum absolute atomic E-state index is 12.7. The van der Waals surface area contributed by atoms with Crippen LogP contribution in [0.1, 0.15) is 17.5 Å². The van der Waals surface area contributed by atoms with Crippen LogP contribution in [-0.2, 0) is 27.3 Å². The molecule has 126 valence electrons. The molecule has 8 heteroatoms. The maximum Gasteiger partial charge on any atom is 0.406 e. The number of aromatic hydroxyl groups is 1. The zero-order valence-electron chi connectivity index (χ0n) is 12.4. The van der Waals surface area contributed by atoms with E-state index in [-0.39, 0.29) is 25.1 Å². The van der Waals surface area contributed by atoms with E-state index in [2.05, 4.69) is 4.74 Å². The molecule has 1 N–H and O–H groups in total. The number of amides is 1. The highest BCUT2D eigenvalue weighted by Gasteiger charge is 2.38. The van der Waals surface area contributed by atoms with E-state index in [1.54, 1.807) is 6.07 Å². The molecule has 0 saturated heterocycles. The lowest BCUT2D eigenvalue weighted by atomic mass is 9.94. The fraction of sp³-hybridized carbons (Fsp3) is 0.467. The van der Waals surface area contributed by atoms with E-state index >= 15 is 0 Å². The molecule has 0 fully saturated rings. The molecule has 1 amide bonds. The molecule has 1 aliphatic heterocycles. The molecule has 0 saturated carbocycles. The molecule has 1 atom stereocenters. The van der Waals surface area contributed by atoms with Crippen molar-refractivity contribution in [1.29, 1.82) is 0 Å². The number of carbonyl (C=O) groups is 2. The van der Waals surface area contributed by atoms with Crippen molar-refractivity contribution in [1.82, 2.24) is 4.90 Å². The van der Waals surface area contributed by atoms with Crippen LogP contribution in [0.5, 0.6) is 5.75 Å². The quantitative estimate of drug-likeness (QED) is 0.861. The van der Waals surface area contributed by atoms with Gasteiger partial charge in [0.25, 0.3) is 0 Å². The SMILES string of the molecule is COC(=O)C[C@H]1Cc2ccc(O)cc2CN(CC(F)(F)F)C1=O. The predicted molar refractivity (Wildman–Crippen MR) is 73.4 cm³/mol. The van der Waals surface area contributed by atoms with Gasteiger partial charge in [-0.25, -0.2) is 0 Å². The van der Waals surface area contributed by atoms with E-state index in [9.17, 15) is 27.9 Å². The van der Waals surface area contributed by atoms with Crippen LogP contribution in [0.4, 0.5) is 13.2 Å².